The third-order valence-electron chi connectivity index (χ3n) is 1.20. The van der Waals surface area contributed by atoms with Crippen molar-refractivity contribution in [2.24, 2.45) is 0 Å². The number of rotatable bonds is 3. The van der Waals surface area contributed by atoms with Crippen molar-refractivity contribution < 1.29 is 9.09 Å². The lowest BCUT2D eigenvalue weighted by molar-refractivity contribution is 0.157. The van der Waals surface area contributed by atoms with Crippen LogP contribution in [-0.4, -0.2) is 9.78 Å². The van der Waals surface area contributed by atoms with Crippen LogP contribution in [0.4, 0.5) is 5.82 Å². The molecule has 0 bridgehead atoms. The summed E-state index contributed by atoms with van der Waals surface area (Å²) < 4.78 is 16.2. The van der Waals surface area contributed by atoms with Gasteiger partial charge in [0.15, 0.2) is 6.23 Å². The molecule has 1 atom stereocenters. The highest BCUT2D eigenvalue weighted by molar-refractivity contribution is 7.17. The van der Waals surface area contributed by atoms with E-state index in [1.807, 2.05) is 0 Å². The van der Waals surface area contributed by atoms with E-state index in [2.05, 4.69) is 5.10 Å². The lowest BCUT2D eigenvalue weighted by atomic mass is 10.6. The molecule has 1 unspecified atom stereocenters. The summed E-state index contributed by atoms with van der Waals surface area (Å²) in [5.41, 5.74) is 5.34. The molecule has 2 N–H and O–H groups in total. The number of hydrogen-bond donors (Lipinski definition) is 1. The van der Waals surface area contributed by atoms with E-state index in [1.165, 1.54) is 4.68 Å². The van der Waals surface area contributed by atoms with Crippen molar-refractivity contribution in [1.29, 1.82) is 0 Å². The van der Waals surface area contributed by atoms with Crippen molar-refractivity contribution in [3.63, 3.8) is 0 Å². The van der Waals surface area contributed by atoms with Crippen molar-refractivity contribution in [2.75, 3.05) is 5.73 Å². The molecule has 0 amide bonds. The summed E-state index contributed by atoms with van der Waals surface area (Å²) in [5, 5.41) is 3.86. The Morgan fingerprint density at radius 2 is 2.64 bits per heavy atom. The van der Waals surface area contributed by atoms with E-state index in [0.29, 0.717) is 5.82 Å². The van der Waals surface area contributed by atoms with Crippen LogP contribution >= 0.6 is 8.69 Å². The fourth-order valence-corrected chi connectivity index (χ4v) is 0.887. The zero-order valence-electron chi connectivity index (χ0n) is 5.97. The van der Waals surface area contributed by atoms with Crippen LogP contribution in [0.5, 0.6) is 0 Å². The van der Waals surface area contributed by atoms with E-state index < -0.39 is 0 Å². The SMILES string of the molecule is CC(OP=O)n1ccc(N)n1. The van der Waals surface area contributed by atoms with Gasteiger partial charge in [-0.15, -0.1) is 0 Å². The largest absolute Gasteiger partial charge is 0.382 e. The van der Waals surface area contributed by atoms with Crippen LogP contribution in [0, 0.1) is 0 Å². The minimum atomic E-state index is -0.358. The first-order chi connectivity index (χ1) is 5.24. The highest BCUT2D eigenvalue weighted by atomic mass is 31.1. The number of aromatic nitrogens is 2. The Labute approximate surface area is 65.4 Å². The van der Waals surface area contributed by atoms with Gasteiger partial charge in [-0.1, -0.05) is 0 Å². The summed E-state index contributed by atoms with van der Waals surface area (Å²) >= 11 is 0. The number of nitrogen functional groups attached to an aromatic ring is 1. The summed E-state index contributed by atoms with van der Waals surface area (Å²) in [4.78, 5) is 0. The lowest BCUT2D eigenvalue weighted by Crippen LogP contribution is -2.05. The van der Waals surface area contributed by atoms with E-state index in [4.69, 9.17) is 10.3 Å². The molecule has 0 radical (unpaired) electrons. The van der Waals surface area contributed by atoms with Crippen molar-refractivity contribution in [3.05, 3.63) is 12.3 Å². The van der Waals surface area contributed by atoms with Crippen LogP contribution in [0.1, 0.15) is 13.2 Å². The second-order valence-corrected chi connectivity index (χ2v) is 2.36. The average molecular weight is 173 g/mol. The normalized spacial score (nSPS) is 13.5. The molecule has 5 nitrogen and oxygen atoms in total. The van der Waals surface area contributed by atoms with E-state index in [1.54, 1.807) is 19.2 Å². The first-order valence-corrected chi connectivity index (χ1v) is 3.76. The molecular formula is C5H8N3O2P. The molecule has 1 aromatic rings. The van der Waals surface area contributed by atoms with Crippen molar-refractivity contribution >= 4 is 14.5 Å². The summed E-state index contributed by atoms with van der Waals surface area (Å²) in [5.74, 6) is 0.419. The maximum atomic E-state index is 10.00. The molecule has 6 heteroatoms. The zero-order valence-corrected chi connectivity index (χ0v) is 6.86. The van der Waals surface area contributed by atoms with Crippen LogP contribution < -0.4 is 5.73 Å². The van der Waals surface area contributed by atoms with Gasteiger partial charge in [0.05, 0.1) is 0 Å². The minimum absolute atomic E-state index is 0.355. The molecule has 0 aliphatic heterocycles. The molecule has 0 aliphatic carbocycles. The summed E-state index contributed by atoms with van der Waals surface area (Å²) in [6, 6.07) is 1.64. The first kappa shape index (κ1) is 8.17. The lowest BCUT2D eigenvalue weighted by Gasteiger charge is -2.05. The molecular weight excluding hydrogens is 165 g/mol. The van der Waals surface area contributed by atoms with Gasteiger partial charge in [-0.3, -0.25) is 4.52 Å². The van der Waals surface area contributed by atoms with E-state index >= 15 is 0 Å². The van der Waals surface area contributed by atoms with Crippen LogP contribution in [0.15, 0.2) is 12.3 Å². The van der Waals surface area contributed by atoms with Crippen LogP contribution in [0.3, 0.4) is 0 Å². The Morgan fingerprint density at radius 3 is 3.09 bits per heavy atom. The zero-order chi connectivity index (χ0) is 8.27. The Kier molecular flexibility index (Phi) is 2.57. The van der Waals surface area contributed by atoms with Crippen molar-refractivity contribution in [3.8, 4) is 0 Å². The third-order valence-corrected chi connectivity index (χ3v) is 1.59. The van der Waals surface area contributed by atoms with Gasteiger partial charge < -0.3 is 5.73 Å². The Morgan fingerprint density at radius 1 is 1.91 bits per heavy atom. The molecule has 1 aromatic heterocycles. The van der Waals surface area contributed by atoms with E-state index in [-0.39, 0.29) is 14.9 Å². The monoisotopic (exact) mass is 173 g/mol. The Balaban J connectivity index is 2.67. The van der Waals surface area contributed by atoms with Gasteiger partial charge in [-0.05, 0) is 6.92 Å². The second-order valence-electron chi connectivity index (χ2n) is 2.00. The van der Waals surface area contributed by atoms with Gasteiger partial charge >= 0.3 is 8.69 Å². The summed E-state index contributed by atoms with van der Waals surface area (Å²) in [6.45, 7) is 1.72. The molecule has 0 fully saturated rings. The molecule has 11 heavy (non-hydrogen) atoms. The van der Waals surface area contributed by atoms with Crippen LogP contribution in [0.25, 0.3) is 0 Å². The maximum absolute atomic E-state index is 10.00. The Bertz CT molecular complexity index is 250. The molecule has 1 heterocycles. The number of nitrogens with two attached hydrogens (primary N) is 1. The minimum Gasteiger partial charge on any atom is -0.382 e. The fourth-order valence-electron chi connectivity index (χ4n) is 0.666. The van der Waals surface area contributed by atoms with Gasteiger partial charge in [-0.25, -0.2) is 9.25 Å². The van der Waals surface area contributed by atoms with Gasteiger partial charge in [0.25, 0.3) is 0 Å². The summed E-state index contributed by atoms with van der Waals surface area (Å²) in [6.07, 6.45) is 1.30. The van der Waals surface area contributed by atoms with Crippen molar-refractivity contribution in [1.82, 2.24) is 9.78 Å². The van der Waals surface area contributed by atoms with Crippen LogP contribution in [0.2, 0.25) is 0 Å². The van der Waals surface area contributed by atoms with Gasteiger partial charge in [-0.2, -0.15) is 5.10 Å². The highest BCUT2D eigenvalue weighted by Gasteiger charge is 2.04. The highest BCUT2D eigenvalue weighted by Crippen LogP contribution is 2.13. The van der Waals surface area contributed by atoms with Gasteiger partial charge in [0.1, 0.15) is 5.82 Å². The van der Waals surface area contributed by atoms with E-state index in [9.17, 15) is 4.57 Å². The number of nitrogens with zero attached hydrogens (tertiary/aromatic N) is 2. The predicted octanol–water partition coefficient (Wildman–Crippen LogP) is 1.21. The maximum Gasteiger partial charge on any atom is 0.329 e. The molecule has 0 saturated carbocycles. The fraction of sp³-hybridized carbons (Fsp3) is 0.400. The topological polar surface area (TPSA) is 70.1 Å². The third kappa shape index (κ3) is 2.00. The molecule has 0 saturated heterocycles. The number of anilines is 1. The second kappa shape index (κ2) is 3.46. The Hall–Kier alpha value is -0.930. The summed E-state index contributed by atoms with van der Waals surface area (Å²) in [7, 11) is -0.358. The quantitative estimate of drug-likeness (QED) is 0.697. The van der Waals surface area contributed by atoms with E-state index in [0.717, 1.165) is 0 Å². The van der Waals surface area contributed by atoms with Crippen molar-refractivity contribution in [2.45, 2.75) is 13.2 Å². The van der Waals surface area contributed by atoms with Crippen LogP contribution in [-0.2, 0) is 9.09 Å². The predicted molar refractivity (Wildman–Crippen MR) is 40.0 cm³/mol. The molecule has 0 aromatic carbocycles. The number of hydrogen-bond acceptors (Lipinski definition) is 4. The first-order valence-electron chi connectivity index (χ1n) is 3.03. The standard InChI is InChI=1S/C5H8N3O2P/c1-4(10-11-9)8-3-2-5(6)7-8/h2-4H,1H3,(H2,6,7). The molecule has 0 spiro atoms. The molecule has 0 aliphatic rings. The van der Waals surface area contributed by atoms with Gasteiger partial charge in [0.2, 0.25) is 0 Å². The molecule has 60 valence electrons. The average Bonchev–Trinajstić information content (AvgIpc) is 2.36. The molecule has 1 rings (SSSR count). The van der Waals surface area contributed by atoms with Gasteiger partial charge in [0, 0.05) is 12.3 Å². The smallest absolute Gasteiger partial charge is 0.329 e.